The predicted octanol–water partition coefficient (Wildman–Crippen LogP) is 2.11. The van der Waals surface area contributed by atoms with Gasteiger partial charge in [-0.05, 0) is 42.5 Å². The van der Waals surface area contributed by atoms with E-state index in [2.05, 4.69) is 10.3 Å². The fraction of sp³-hybridized carbons (Fsp3) is 0.0667. The molecule has 112 valence electrons. The van der Waals surface area contributed by atoms with Gasteiger partial charge in [0, 0.05) is 33.2 Å². The molecule has 1 aromatic heterocycles. The van der Waals surface area contributed by atoms with Gasteiger partial charge >= 0.3 is 5.76 Å². The van der Waals surface area contributed by atoms with Crippen LogP contribution in [0.3, 0.4) is 0 Å². The quantitative estimate of drug-likeness (QED) is 0.774. The summed E-state index contributed by atoms with van der Waals surface area (Å²) in [6, 6.07) is 11.4. The van der Waals surface area contributed by atoms with Crippen LogP contribution in [-0.2, 0) is 10.8 Å². The highest BCUT2D eigenvalue weighted by Crippen LogP contribution is 2.17. The average Bonchev–Trinajstić information content (AvgIpc) is 2.86. The Kier molecular flexibility index (Phi) is 3.64. The smallest absolute Gasteiger partial charge is 0.408 e. The zero-order valence-electron chi connectivity index (χ0n) is 11.6. The van der Waals surface area contributed by atoms with Crippen molar-refractivity contribution in [3.05, 3.63) is 58.6 Å². The first-order valence-electron chi connectivity index (χ1n) is 6.40. The third-order valence-electron chi connectivity index (χ3n) is 3.13. The third-order valence-corrected chi connectivity index (χ3v) is 4.06. The summed E-state index contributed by atoms with van der Waals surface area (Å²) in [7, 11) is -1.08. The van der Waals surface area contributed by atoms with Gasteiger partial charge in [0.05, 0.1) is 5.52 Å². The van der Waals surface area contributed by atoms with E-state index in [0.29, 0.717) is 27.2 Å². The zero-order valence-corrected chi connectivity index (χ0v) is 12.4. The van der Waals surface area contributed by atoms with Crippen LogP contribution in [0.4, 0.5) is 5.69 Å². The summed E-state index contributed by atoms with van der Waals surface area (Å²) < 4.78 is 16.2. The number of amides is 1. The Bertz CT molecular complexity index is 925. The van der Waals surface area contributed by atoms with Crippen LogP contribution in [0.2, 0.25) is 0 Å². The fourth-order valence-electron chi connectivity index (χ4n) is 2.03. The first-order chi connectivity index (χ1) is 10.5. The molecule has 3 aromatic rings. The Morgan fingerprint density at radius 1 is 1.18 bits per heavy atom. The highest BCUT2D eigenvalue weighted by molar-refractivity contribution is 7.84. The Morgan fingerprint density at radius 3 is 2.59 bits per heavy atom. The van der Waals surface area contributed by atoms with E-state index in [1.165, 1.54) is 0 Å². The van der Waals surface area contributed by atoms with Gasteiger partial charge in [0.1, 0.15) is 0 Å². The van der Waals surface area contributed by atoms with Crippen LogP contribution in [0, 0.1) is 0 Å². The maximum Gasteiger partial charge on any atom is 0.417 e. The minimum atomic E-state index is -1.08. The molecule has 0 aliphatic heterocycles. The van der Waals surface area contributed by atoms with Crippen molar-refractivity contribution in [1.82, 2.24) is 4.98 Å². The third kappa shape index (κ3) is 2.84. The number of rotatable bonds is 3. The number of hydrogen-bond donors (Lipinski definition) is 2. The van der Waals surface area contributed by atoms with Crippen molar-refractivity contribution < 1.29 is 13.4 Å². The molecule has 0 radical (unpaired) electrons. The van der Waals surface area contributed by atoms with E-state index in [9.17, 15) is 13.8 Å². The molecule has 3 rings (SSSR count). The summed E-state index contributed by atoms with van der Waals surface area (Å²) in [5, 5.41) is 2.73. The minimum Gasteiger partial charge on any atom is -0.408 e. The van der Waals surface area contributed by atoms with Gasteiger partial charge in [-0.25, -0.2) is 4.79 Å². The van der Waals surface area contributed by atoms with E-state index in [0.717, 1.165) is 0 Å². The topological polar surface area (TPSA) is 92.2 Å². The van der Waals surface area contributed by atoms with Gasteiger partial charge < -0.3 is 9.73 Å². The largest absolute Gasteiger partial charge is 0.417 e. The van der Waals surface area contributed by atoms with E-state index >= 15 is 0 Å². The summed E-state index contributed by atoms with van der Waals surface area (Å²) in [6.07, 6.45) is 1.58. The highest BCUT2D eigenvalue weighted by Gasteiger charge is 2.08. The molecule has 0 fully saturated rings. The molecule has 0 spiro atoms. The number of benzene rings is 2. The van der Waals surface area contributed by atoms with Crippen molar-refractivity contribution in [1.29, 1.82) is 0 Å². The number of carbonyl (C=O) groups excluding carboxylic acids is 1. The number of carbonyl (C=O) groups is 1. The Hall–Kier alpha value is -2.67. The lowest BCUT2D eigenvalue weighted by atomic mass is 10.2. The van der Waals surface area contributed by atoms with Crippen molar-refractivity contribution in [2.75, 3.05) is 11.6 Å². The monoisotopic (exact) mass is 316 g/mol. The Labute approximate surface area is 127 Å². The molecule has 1 amide bonds. The molecule has 22 heavy (non-hydrogen) atoms. The molecule has 0 aliphatic rings. The summed E-state index contributed by atoms with van der Waals surface area (Å²) in [5.74, 6) is -0.833. The molecule has 1 atom stereocenters. The molecule has 0 unspecified atom stereocenters. The van der Waals surface area contributed by atoms with Crippen LogP contribution >= 0.6 is 0 Å². The number of nitrogens with one attached hydrogen (secondary N) is 2. The molecular weight excluding hydrogens is 304 g/mol. The van der Waals surface area contributed by atoms with Gasteiger partial charge in [0.25, 0.3) is 5.91 Å². The molecule has 0 saturated heterocycles. The van der Waals surface area contributed by atoms with Crippen LogP contribution in [0.15, 0.2) is 56.6 Å². The SMILES string of the molecule is C[S@@](=O)c1ccc(C(=O)Nc2ccc3oc(=O)[nH]c3c2)cc1. The maximum atomic E-state index is 12.2. The number of aromatic nitrogens is 1. The average molecular weight is 316 g/mol. The van der Waals surface area contributed by atoms with Gasteiger partial charge in [0.2, 0.25) is 0 Å². The van der Waals surface area contributed by atoms with Crippen LogP contribution in [0.5, 0.6) is 0 Å². The molecule has 7 heteroatoms. The van der Waals surface area contributed by atoms with Crippen LogP contribution < -0.4 is 11.1 Å². The van der Waals surface area contributed by atoms with Gasteiger partial charge in [-0.2, -0.15) is 0 Å². The van der Waals surface area contributed by atoms with E-state index in [4.69, 9.17) is 4.42 Å². The molecule has 0 bridgehead atoms. The molecule has 0 saturated carbocycles. The Balaban J connectivity index is 1.82. The molecular formula is C15H12N2O4S. The van der Waals surface area contributed by atoms with Crippen molar-refractivity contribution in [3.63, 3.8) is 0 Å². The lowest BCUT2D eigenvalue weighted by Gasteiger charge is -2.05. The minimum absolute atomic E-state index is 0.293. The number of aromatic amines is 1. The lowest BCUT2D eigenvalue weighted by molar-refractivity contribution is 0.102. The predicted molar refractivity (Wildman–Crippen MR) is 83.6 cm³/mol. The maximum absolute atomic E-state index is 12.2. The second kappa shape index (κ2) is 5.61. The molecule has 2 N–H and O–H groups in total. The highest BCUT2D eigenvalue weighted by atomic mass is 32.2. The number of hydrogen-bond acceptors (Lipinski definition) is 4. The normalized spacial score (nSPS) is 12.2. The van der Waals surface area contributed by atoms with Crippen molar-refractivity contribution in [3.8, 4) is 0 Å². The van der Waals surface area contributed by atoms with Crippen LogP contribution in [-0.4, -0.2) is 21.4 Å². The van der Waals surface area contributed by atoms with E-state index in [1.54, 1.807) is 48.7 Å². The van der Waals surface area contributed by atoms with Crippen LogP contribution in [0.25, 0.3) is 11.1 Å². The summed E-state index contributed by atoms with van der Waals surface area (Å²) >= 11 is 0. The van der Waals surface area contributed by atoms with Gasteiger partial charge in [-0.1, -0.05) is 0 Å². The van der Waals surface area contributed by atoms with E-state index in [1.807, 2.05) is 0 Å². The molecule has 0 aliphatic carbocycles. The second-order valence-corrected chi connectivity index (χ2v) is 6.04. The zero-order chi connectivity index (χ0) is 15.7. The standard InChI is InChI=1S/C15H12N2O4S/c1-22(20)11-5-2-9(3-6-11)14(18)16-10-4-7-13-12(8-10)17-15(19)21-13/h2-8H,1H3,(H,16,18)(H,17,19)/t22-/m1/s1. The van der Waals surface area contributed by atoms with Crippen LogP contribution in [0.1, 0.15) is 10.4 Å². The second-order valence-electron chi connectivity index (χ2n) is 4.66. The van der Waals surface area contributed by atoms with E-state index in [-0.39, 0.29) is 5.91 Å². The number of H-pyrrole nitrogens is 1. The number of fused-ring (bicyclic) bond motifs is 1. The van der Waals surface area contributed by atoms with E-state index < -0.39 is 16.6 Å². The van der Waals surface area contributed by atoms with Crippen molar-refractivity contribution in [2.24, 2.45) is 0 Å². The lowest BCUT2D eigenvalue weighted by Crippen LogP contribution is -2.11. The number of oxazole rings is 1. The first kappa shape index (κ1) is 14.3. The van der Waals surface area contributed by atoms with Gasteiger partial charge in [-0.15, -0.1) is 0 Å². The summed E-state index contributed by atoms with van der Waals surface area (Å²) in [5.41, 5.74) is 1.94. The Morgan fingerprint density at radius 2 is 1.91 bits per heavy atom. The van der Waals surface area contributed by atoms with Gasteiger partial charge in [0.15, 0.2) is 5.58 Å². The number of anilines is 1. The summed E-state index contributed by atoms with van der Waals surface area (Å²) in [6.45, 7) is 0. The van der Waals surface area contributed by atoms with Crippen molar-refractivity contribution in [2.45, 2.75) is 4.90 Å². The summed E-state index contributed by atoms with van der Waals surface area (Å²) in [4.78, 5) is 26.4. The molecule has 2 aromatic carbocycles. The van der Waals surface area contributed by atoms with Gasteiger partial charge in [-0.3, -0.25) is 14.0 Å². The molecule has 6 nitrogen and oxygen atoms in total. The van der Waals surface area contributed by atoms with Crippen molar-refractivity contribution >= 4 is 33.5 Å². The first-order valence-corrected chi connectivity index (χ1v) is 7.96. The fourth-order valence-corrected chi connectivity index (χ4v) is 2.55. The molecule has 1 heterocycles.